The van der Waals surface area contributed by atoms with Crippen LogP contribution in [0, 0.1) is 0 Å². The molecule has 0 aromatic heterocycles. The number of hydrogen-bond donors (Lipinski definition) is 1. The van der Waals surface area contributed by atoms with Crippen LogP contribution in [0.3, 0.4) is 0 Å². The van der Waals surface area contributed by atoms with E-state index in [1.54, 1.807) is 27.9 Å². The zero-order chi connectivity index (χ0) is 21.0. The second kappa shape index (κ2) is 12.4. The second-order valence-corrected chi connectivity index (χ2v) is 7.02. The molecule has 0 aliphatic rings. The third kappa shape index (κ3) is 8.27. The second-order valence-electron chi connectivity index (χ2n) is 7.02. The Balaban J connectivity index is 2.49. The van der Waals surface area contributed by atoms with Crippen LogP contribution in [0.1, 0.15) is 52.5 Å². The smallest absolute Gasteiger partial charge is 0.349 e. The third-order valence-corrected chi connectivity index (χ3v) is 4.18. The molecule has 7 heteroatoms. The molecule has 1 aromatic carbocycles. The number of ether oxygens (including phenoxy) is 3. The summed E-state index contributed by atoms with van der Waals surface area (Å²) < 4.78 is 16.2. The van der Waals surface area contributed by atoms with Crippen molar-refractivity contribution in [2.24, 2.45) is 0 Å². The van der Waals surface area contributed by atoms with Crippen molar-refractivity contribution in [2.75, 3.05) is 20.3 Å². The predicted molar refractivity (Wildman–Crippen MR) is 108 cm³/mol. The number of aryl methyl sites for hydroxylation is 1. The van der Waals surface area contributed by atoms with E-state index in [4.69, 9.17) is 14.2 Å². The molecule has 7 nitrogen and oxygen atoms in total. The first-order valence-electron chi connectivity index (χ1n) is 9.82. The molecule has 0 fully saturated rings. The first kappa shape index (κ1) is 23.9. The van der Waals surface area contributed by atoms with E-state index in [0.717, 1.165) is 37.7 Å². The van der Waals surface area contributed by atoms with Crippen LogP contribution in [0.15, 0.2) is 24.3 Å². The minimum Gasteiger partial charge on any atom is -0.476 e. The van der Waals surface area contributed by atoms with Gasteiger partial charge >= 0.3 is 5.97 Å². The molecule has 1 amide bonds. The topological polar surface area (TPSA) is 77.1 Å². The Hall–Kier alpha value is -2.12. The lowest BCUT2D eigenvalue weighted by atomic mass is 10.1. The lowest BCUT2D eigenvalue weighted by Crippen LogP contribution is -2.45. The standard InChI is InChI=1S/C21H34N2O5/c1-6-15-23(16-24)22-19(26-5)10-8-9-17-11-13-18(14-12-17)28-21(3,4)20(25)27-7-2/h11-14,16,19,22H,6-10,15H2,1-5H3. The zero-order valence-corrected chi connectivity index (χ0v) is 17.7. The van der Waals surface area contributed by atoms with Gasteiger partial charge in [-0.25, -0.2) is 10.2 Å². The van der Waals surface area contributed by atoms with Crippen LogP contribution in [-0.2, 0) is 25.5 Å². The lowest BCUT2D eigenvalue weighted by molar-refractivity contribution is -0.158. The number of methoxy groups -OCH3 is 1. The number of esters is 1. The molecule has 1 N–H and O–H groups in total. The minimum absolute atomic E-state index is 0.204. The van der Waals surface area contributed by atoms with Gasteiger partial charge in [0.25, 0.3) is 0 Å². The first-order valence-corrected chi connectivity index (χ1v) is 9.82. The van der Waals surface area contributed by atoms with E-state index in [9.17, 15) is 9.59 Å². The molecule has 1 aromatic rings. The van der Waals surface area contributed by atoms with Crippen LogP contribution in [-0.4, -0.2) is 49.5 Å². The zero-order valence-electron chi connectivity index (χ0n) is 17.7. The van der Waals surface area contributed by atoms with Gasteiger partial charge < -0.3 is 14.2 Å². The number of carbonyl (C=O) groups is 2. The maximum atomic E-state index is 11.9. The van der Waals surface area contributed by atoms with Crippen molar-refractivity contribution < 1.29 is 23.8 Å². The van der Waals surface area contributed by atoms with Crippen LogP contribution >= 0.6 is 0 Å². The lowest BCUT2D eigenvalue weighted by Gasteiger charge is -2.25. The highest BCUT2D eigenvalue weighted by Gasteiger charge is 2.31. The summed E-state index contributed by atoms with van der Waals surface area (Å²) in [7, 11) is 1.63. The Labute approximate surface area is 168 Å². The molecule has 1 unspecified atom stereocenters. The van der Waals surface area contributed by atoms with Crippen molar-refractivity contribution in [3.8, 4) is 5.75 Å². The Kier molecular flexibility index (Phi) is 10.6. The Bertz CT molecular complexity index is 589. The Morgan fingerprint density at radius 1 is 1.25 bits per heavy atom. The first-order chi connectivity index (χ1) is 13.4. The summed E-state index contributed by atoms with van der Waals surface area (Å²) >= 11 is 0. The summed E-state index contributed by atoms with van der Waals surface area (Å²) in [5, 5.41) is 1.52. The maximum absolute atomic E-state index is 11.9. The predicted octanol–water partition coefficient (Wildman–Crippen LogP) is 3.08. The van der Waals surface area contributed by atoms with Gasteiger partial charge in [0.15, 0.2) is 5.60 Å². The van der Waals surface area contributed by atoms with Crippen LogP contribution in [0.5, 0.6) is 5.75 Å². The third-order valence-electron chi connectivity index (χ3n) is 4.18. The molecule has 0 aliphatic heterocycles. The SMILES string of the molecule is CCCN(C=O)NC(CCCc1ccc(OC(C)(C)C(=O)OCC)cc1)OC. The molecular weight excluding hydrogens is 360 g/mol. The fourth-order valence-corrected chi connectivity index (χ4v) is 2.67. The van der Waals surface area contributed by atoms with Gasteiger partial charge in [0, 0.05) is 13.7 Å². The number of rotatable bonds is 14. The van der Waals surface area contributed by atoms with Gasteiger partial charge in [-0.3, -0.25) is 9.80 Å². The fraction of sp³-hybridized carbons (Fsp3) is 0.619. The summed E-state index contributed by atoms with van der Waals surface area (Å²) in [6.45, 7) is 8.14. The molecule has 1 rings (SSSR count). The molecule has 28 heavy (non-hydrogen) atoms. The van der Waals surface area contributed by atoms with Crippen LogP contribution in [0.25, 0.3) is 0 Å². The number of nitrogens with one attached hydrogen (secondary N) is 1. The average Bonchev–Trinajstić information content (AvgIpc) is 2.67. The molecule has 0 spiro atoms. The van der Waals surface area contributed by atoms with Crippen LogP contribution in [0.2, 0.25) is 0 Å². The monoisotopic (exact) mass is 394 g/mol. The van der Waals surface area contributed by atoms with Crippen molar-refractivity contribution in [2.45, 2.75) is 65.2 Å². The van der Waals surface area contributed by atoms with Gasteiger partial charge in [0.05, 0.1) is 6.61 Å². The molecule has 0 saturated carbocycles. The van der Waals surface area contributed by atoms with Gasteiger partial charge in [-0.05, 0) is 64.2 Å². The van der Waals surface area contributed by atoms with Crippen molar-refractivity contribution in [1.82, 2.24) is 10.4 Å². The van der Waals surface area contributed by atoms with Crippen molar-refractivity contribution in [3.05, 3.63) is 29.8 Å². The normalized spacial score (nSPS) is 12.3. The number of carbonyl (C=O) groups excluding carboxylic acids is 2. The average molecular weight is 395 g/mol. The van der Waals surface area contributed by atoms with E-state index in [2.05, 4.69) is 5.43 Å². The molecule has 0 bridgehead atoms. The van der Waals surface area contributed by atoms with E-state index in [-0.39, 0.29) is 12.2 Å². The molecule has 0 saturated heterocycles. The maximum Gasteiger partial charge on any atom is 0.349 e. The van der Waals surface area contributed by atoms with E-state index < -0.39 is 5.60 Å². The summed E-state index contributed by atoms with van der Waals surface area (Å²) in [5.74, 6) is 0.240. The highest BCUT2D eigenvalue weighted by atomic mass is 16.6. The Morgan fingerprint density at radius 2 is 1.93 bits per heavy atom. The molecule has 1 atom stereocenters. The van der Waals surface area contributed by atoms with Gasteiger partial charge in [-0.1, -0.05) is 19.1 Å². The summed E-state index contributed by atoms with van der Waals surface area (Å²) in [4.78, 5) is 22.9. The van der Waals surface area contributed by atoms with Crippen LogP contribution < -0.4 is 10.2 Å². The minimum atomic E-state index is -1.03. The molecule has 0 heterocycles. The number of benzene rings is 1. The number of hydrogen-bond acceptors (Lipinski definition) is 6. The van der Waals surface area contributed by atoms with Gasteiger partial charge in [0.1, 0.15) is 12.0 Å². The van der Waals surface area contributed by atoms with E-state index >= 15 is 0 Å². The van der Waals surface area contributed by atoms with Gasteiger partial charge in [0.2, 0.25) is 6.41 Å². The van der Waals surface area contributed by atoms with Gasteiger partial charge in [-0.2, -0.15) is 0 Å². The summed E-state index contributed by atoms with van der Waals surface area (Å²) in [5.41, 5.74) is 3.21. The quantitative estimate of drug-likeness (QED) is 0.226. The summed E-state index contributed by atoms with van der Waals surface area (Å²) in [6.07, 6.45) is 4.01. The highest BCUT2D eigenvalue weighted by molar-refractivity contribution is 5.79. The van der Waals surface area contributed by atoms with E-state index in [1.807, 2.05) is 31.2 Å². The Morgan fingerprint density at radius 3 is 2.46 bits per heavy atom. The van der Waals surface area contributed by atoms with Crippen molar-refractivity contribution >= 4 is 12.4 Å². The fourth-order valence-electron chi connectivity index (χ4n) is 2.67. The number of hydrazine groups is 1. The van der Waals surface area contributed by atoms with E-state index in [1.165, 1.54) is 5.01 Å². The van der Waals surface area contributed by atoms with Gasteiger partial charge in [-0.15, -0.1) is 0 Å². The van der Waals surface area contributed by atoms with Crippen LogP contribution in [0.4, 0.5) is 0 Å². The molecule has 158 valence electrons. The largest absolute Gasteiger partial charge is 0.476 e. The number of nitrogens with zero attached hydrogens (tertiary/aromatic N) is 1. The van der Waals surface area contributed by atoms with E-state index in [0.29, 0.717) is 18.9 Å². The van der Waals surface area contributed by atoms with Crippen molar-refractivity contribution in [3.63, 3.8) is 0 Å². The van der Waals surface area contributed by atoms with Crippen molar-refractivity contribution in [1.29, 1.82) is 0 Å². The molecule has 0 radical (unpaired) electrons. The highest BCUT2D eigenvalue weighted by Crippen LogP contribution is 2.21. The molecular formula is C21H34N2O5. The summed E-state index contributed by atoms with van der Waals surface area (Å²) in [6, 6.07) is 7.69. The molecule has 0 aliphatic carbocycles. The number of amides is 1.